The average Bonchev–Trinajstić information content (AvgIpc) is 2.78. The van der Waals surface area contributed by atoms with Crippen LogP contribution in [0.3, 0.4) is 0 Å². The number of ether oxygens (including phenoxy) is 1. The van der Waals surface area contributed by atoms with Crippen LogP contribution in [0.2, 0.25) is 0 Å². The zero-order chi connectivity index (χ0) is 23.3. The molecule has 0 aliphatic heterocycles. The third-order valence-corrected chi connectivity index (χ3v) is 6.37. The Balaban J connectivity index is 1.95. The Morgan fingerprint density at radius 1 is 1.12 bits per heavy atom. The number of amides is 1. The molecule has 0 bridgehead atoms. The van der Waals surface area contributed by atoms with Crippen LogP contribution in [-0.4, -0.2) is 37.4 Å². The molecule has 2 aromatic carbocycles. The Morgan fingerprint density at radius 2 is 1.84 bits per heavy atom. The van der Waals surface area contributed by atoms with Crippen LogP contribution >= 0.6 is 0 Å². The van der Waals surface area contributed by atoms with Crippen molar-refractivity contribution in [2.45, 2.75) is 38.3 Å². The molecule has 3 rings (SSSR count). The van der Waals surface area contributed by atoms with Gasteiger partial charge >= 0.3 is 0 Å². The minimum absolute atomic E-state index is 0.100. The standard InChI is InChI=1S/C24H27N3O4S/c1-17(2)27(16-19-6-5-13-25-15-19)24(28)20-9-12-22(31-4)23(14-20)32(29,30)26-21-10-7-18(3)8-11-21/h5-15,17,26H,16H2,1-4H3. The van der Waals surface area contributed by atoms with Gasteiger partial charge in [-0.3, -0.25) is 14.5 Å². The van der Waals surface area contributed by atoms with Gasteiger partial charge in [0.05, 0.1) is 7.11 Å². The van der Waals surface area contributed by atoms with Crippen molar-refractivity contribution in [2.75, 3.05) is 11.8 Å². The van der Waals surface area contributed by atoms with E-state index in [2.05, 4.69) is 9.71 Å². The molecule has 168 valence electrons. The first kappa shape index (κ1) is 23.3. The molecule has 3 aromatic rings. The lowest BCUT2D eigenvalue weighted by molar-refractivity contribution is 0.0690. The molecule has 0 atom stereocenters. The summed E-state index contributed by atoms with van der Waals surface area (Å²) in [6.45, 7) is 6.10. The van der Waals surface area contributed by atoms with Gasteiger partial charge in [-0.05, 0) is 62.7 Å². The van der Waals surface area contributed by atoms with Gasteiger partial charge in [0.2, 0.25) is 0 Å². The van der Waals surface area contributed by atoms with E-state index in [1.165, 1.54) is 19.2 Å². The molecule has 0 spiro atoms. The summed E-state index contributed by atoms with van der Waals surface area (Å²) < 4.78 is 34.1. The highest BCUT2D eigenvalue weighted by Gasteiger charge is 2.25. The van der Waals surface area contributed by atoms with E-state index in [4.69, 9.17) is 4.74 Å². The molecule has 7 nitrogen and oxygen atoms in total. The minimum Gasteiger partial charge on any atom is -0.495 e. The molecule has 1 amide bonds. The van der Waals surface area contributed by atoms with Gasteiger partial charge in [-0.15, -0.1) is 0 Å². The second kappa shape index (κ2) is 9.82. The number of methoxy groups -OCH3 is 1. The van der Waals surface area contributed by atoms with Gasteiger partial charge in [-0.25, -0.2) is 8.42 Å². The van der Waals surface area contributed by atoms with E-state index >= 15 is 0 Å². The monoisotopic (exact) mass is 453 g/mol. The highest BCUT2D eigenvalue weighted by atomic mass is 32.2. The smallest absolute Gasteiger partial charge is 0.265 e. The molecular formula is C24H27N3O4S. The molecule has 0 saturated carbocycles. The van der Waals surface area contributed by atoms with Gasteiger partial charge in [-0.2, -0.15) is 0 Å². The topological polar surface area (TPSA) is 88.6 Å². The van der Waals surface area contributed by atoms with Crippen molar-refractivity contribution in [1.82, 2.24) is 9.88 Å². The number of pyridine rings is 1. The molecule has 1 heterocycles. The number of carbonyl (C=O) groups excluding carboxylic acids is 1. The fraction of sp³-hybridized carbons (Fsp3) is 0.250. The quantitative estimate of drug-likeness (QED) is 0.551. The Kier molecular flexibility index (Phi) is 7.15. The van der Waals surface area contributed by atoms with Crippen LogP contribution in [0, 0.1) is 6.92 Å². The van der Waals surface area contributed by atoms with E-state index in [1.54, 1.807) is 35.5 Å². The van der Waals surface area contributed by atoms with Crippen LogP contribution in [0.4, 0.5) is 5.69 Å². The van der Waals surface area contributed by atoms with E-state index in [-0.39, 0.29) is 28.2 Å². The fourth-order valence-corrected chi connectivity index (χ4v) is 4.45. The van der Waals surface area contributed by atoms with Crippen molar-refractivity contribution in [3.05, 3.63) is 83.7 Å². The maximum atomic E-state index is 13.3. The van der Waals surface area contributed by atoms with Gasteiger partial charge in [0.15, 0.2) is 0 Å². The van der Waals surface area contributed by atoms with Gasteiger partial charge in [0, 0.05) is 36.2 Å². The minimum atomic E-state index is -3.99. The fourth-order valence-electron chi connectivity index (χ4n) is 3.19. The van der Waals surface area contributed by atoms with Crippen LogP contribution < -0.4 is 9.46 Å². The molecular weight excluding hydrogens is 426 g/mol. The largest absolute Gasteiger partial charge is 0.495 e. The third kappa shape index (κ3) is 5.45. The van der Waals surface area contributed by atoms with Gasteiger partial charge in [0.25, 0.3) is 15.9 Å². The van der Waals surface area contributed by atoms with E-state index < -0.39 is 10.0 Å². The van der Waals surface area contributed by atoms with E-state index in [1.807, 2.05) is 45.0 Å². The number of sulfonamides is 1. The lowest BCUT2D eigenvalue weighted by atomic mass is 10.1. The van der Waals surface area contributed by atoms with Gasteiger partial charge in [0.1, 0.15) is 10.6 Å². The van der Waals surface area contributed by atoms with Gasteiger partial charge in [-0.1, -0.05) is 23.8 Å². The second-order valence-corrected chi connectivity index (χ2v) is 9.38. The Hall–Kier alpha value is -3.39. The molecule has 0 aliphatic carbocycles. The highest BCUT2D eigenvalue weighted by Crippen LogP contribution is 2.28. The predicted molar refractivity (Wildman–Crippen MR) is 124 cm³/mol. The molecule has 0 saturated heterocycles. The zero-order valence-electron chi connectivity index (χ0n) is 18.6. The van der Waals surface area contributed by atoms with Crippen molar-refractivity contribution < 1.29 is 17.9 Å². The summed E-state index contributed by atoms with van der Waals surface area (Å²) in [6, 6.07) is 15.0. The molecule has 0 aliphatic rings. The number of hydrogen-bond donors (Lipinski definition) is 1. The Labute approximate surface area is 189 Å². The number of anilines is 1. The lowest BCUT2D eigenvalue weighted by Crippen LogP contribution is -2.36. The summed E-state index contributed by atoms with van der Waals surface area (Å²) >= 11 is 0. The number of nitrogens with zero attached hydrogens (tertiary/aromatic N) is 2. The predicted octanol–water partition coefficient (Wildman–Crippen LogP) is 4.25. The summed E-state index contributed by atoms with van der Waals surface area (Å²) in [4.78, 5) is 19.0. The first-order chi connectivity index (χ1) is 15.2. The van der Waals surface area contributed by atoms with Crippen molar-refractivity contribution in [1.29, 1.82) is 0 Å². The second-order valence-electron chi connectivity index (χ2n) is 7.73. The molecule has 0 unspecified atom stereocenters. The lowest BCUT2D eigenvalue weighted by Gasteiger charge is -2.27. The maximum Gasteiger partial charge on any atom is 0.265 e. The first-order valence-electron chi connectivity index (χ1n) is 10.2. The number of aryl methyl sites for hydroxylation is 1. The summed E-state index contributed by atoms with van der Waals surface area (Å²) in [5.74, 6) is -0.122. The molecule has 0 radical (unpaired) electrons. The summed E-state index contributed by atoms with van der Waals surface area (Å²) in [5, 5.41) is 0. The maximum absolute atomic E-state index is 13.3. The summed E-state index contributed by atoms with van der Waals surface area (Å²) in [6.07, 6.45) is 3.38. The van der Waals surface area contributed by atoms with Crippen molar-refractivity contribution in [3.8, 4) is 5.75 Å². The molecule has 0 fully saturated rings. The summed E-state index contributed by atoms with van der Waals surface area (Å²) in [5.41, 5.74) is 2.58. The number of aromatic nitrogens is 1. The van der Waals surface area contributed by atoms with Crippen LogP contribution in [0.1, 0.15) is 35.3 Å². The normalized spacial score (nSPS) is 11.3. The number of rotatable bonds is 8. The number of nitrogens with one attached hydrogen (secondary N) is 1. The van der Waals surface area contributed by atoms with E-state index in [9.17, 15) is 13.2 Å². The Morgan fingerprint density at radius 3 is 2.44 bits per heavy atom. The third-order valence-electron chi connectivity index (χ3n) is 4.96. The first-order valence-corrected chi connectivity index (χ1v) is 11.7. The van der Waals surface area contributed by atoms with Gasteiger partial charge < -0.3 is 9.64 Å². The van der Waals surface area contributed by atoms with Crippen LogP contribution in [0.25, 0.3) is 0 Å². The zero-order valence-corrected chi connectivity index (χ0v) is 19.4. The van der Waals surface area contributed by atoms with E-state index in [0.29, 0.717) is 12.2 Å². The average molecular weight is 454 g/mol. The van der Waals surface area contributed by atoms with Crippen LogP contribution in [-0.2, 0) is 16.6 Å². The number of benzene rings is 2. The molecule has 1 aromatic heterocycles. The number of carbonyl (C=O) groups is 1. The SMILES string of the molecule is COc1ccc(C(=O)N(Cc2cccnc2)C(C)C)cc1S(=O)(=O)Nc1ccc(C)cc1. The van der Waals surface area contributed by atoms with Crippen molar-refractivity contribution in [3.63, 3.8) is 0 Å². The highest BCUT2D eigenvalue weighted by molar-refractivity contribution is 7.92. The van der Waals surface area contributed by atoms with Crippen LogP contribution in [0.15, 0.2) is 71.9 Å². The van der Waals surface area contributed by atoms with Crippen molar-refractivity contribution >= 4 is 21.6 Å². The molecule has 32 heavy (non-hydrogen) atoms. The Bertz CT molecular complexity index is 1180. The van der Waals surface area contributed by atoms with Crippen molar-refractivity contribution in [2.24, 2.45) is 0 Å². The summed E-state index contributed by atoms with van der Waals surface area (Å²) in [7, 11) is -2.59. The van der Waals surface area contributed by atoms with Crippen LogP contribution in [0.5, 0.6) is 5.75 Å². The van der Waals surface area contributed by atoms with E-state index in [0.717, 1.165) is 11.1 Å². The molecule has 1 N–H and O–H groups in total. The molecule has 8 heteroatoms. The number of hydrogen-bond acceptors (Lipinski definition) is 5.